The Kier molecular flexibility index (Phi) is 9.82. The molecule has 0 radical (unpaired) electrons. The second-order valence-electron chi connectivity index (χ2n) is 6.70. The van der Waals surface area contributed by atoms with Gasteiger partial charge in [-0.05, 0) is 42.8 Å². The van der Waals surface area contributed by atoms with E-state index in [4.69, 9.17) is 26.1 Å². The Morgan fingerprint density at radius 3 is 2.28 bits per heavy atom. The van der Waals surface area contributed by atoms with E-state index < -0.39 is 42.2 Å². The van der Waals surface area contributed by atoms with Crippen LogP contribution in [0.2, 0.25) is 0 Å². The van der Waals surface area contributed by atoms with Crippen LogP contribution in [0.15, 0.2) is 36.4 Å². The summed E-state index contributed by atoms with van der Waals surface area (Å²) in [6, 6.07) is 7.85. The zero-order chi connectivity index (χ0) is 23.1. The Labute approximate surface area is 193 Å². The first-order chi connectivity index (χ1) is 14.6. The Bertz CT molecular complexity index is 1010. The summed E-state index contributed by atoms with van der Waals surface area (Å²) in [6.45, 7) is 1.57. The van der Waals surface area contributed by atoms with Crippen LogP contribution >= 0.6 is 23.7 Å². The van der Waals surface area contributed by atoms with Crippen LogP contribution in [0.25, 0.3) is 0 Å². The lowest BCUT2D eigenvalue weighted by Crippen LogP contribution is -2.44. The van der Waals surface area contributed by atoms with Crippen LogP contribution in [-0.4, -0.2) is 45.9 Å². The molecule has 6 N–H and O–H groups in total. The molecule has 0 fully saturated rings. The van der Waals surface area contributed by atoms with E-state index in [0.29, 0.717) is 15.3 Å². The zero-order valence-electron chi connectivity index (χ0n) is 16.9. The minimum atomic E-state index is -1.52. The lowest BCUT2D eigenvalue weighted by Gasteiger charge is -2.16. The normalized spacial score (nSPS) is 12.0. The summed E-state index contributed by atoms with van der Waals surface area (Å²) in [7, 11) is 0. The van der Waals surface area contributed by atoms with Crippen LogP contribution in [0.4, 0.5) is 0 Å². The second kappa shape index (κ2) is 11.8. The van der Waals surface area contributed by atoms with E-state index >= 15 is 0 Å². The van der Waals surface area contributed by atoms with Gasteiger partial charge >= 0.3 is 17.9 Å². The van der Waals surface area contributed by atoms with E-state index in [2.05, 4.69) is 5.32 Å². The van der Waals surface area contributed by atoms with Crippen molar-refractivity contribution in [2.45, 2.75) is 25.8 Å². The number of nitrogens with two attached hydrogens (primary N) is 1. The number of hydrogen-bond acceptors (Lipinski definition) is 7. The van der Waals surface area contributed by atoms with E-state index in [-0.39, 0.29) is 30.4 Å². The lowest BCUT2D eigenvalue weighted by atomic mass is 10.0. The molecule has 0 saturated heterocycles. The van der Waals surface area contributed by atoms with Crippen molar-refractivity contribution >= 4 is 53.4 Å². The smallest absolute Gasteiger partial charge is 0.353 e. The third-order valence-electron chi connectivity index (χ3n) is 4.19. The highest BCUT2D eigenvalue weighted by atomic mass is 35.5. The van der Waals surface area contributed by atoms with Gasteiger partial charge in [0.05, 0.1) is 6.42 Å². The van der Waals surface area contributed by atoms with Gasteiger partial charge in [-0.2, -0.15) is 0 Å². The number of carbonyl (C=O) groups is 4. The van der Waals surface area contributed by atoms with Gasteiger partial charge < -0.3 is 26.0 Å². The fraction of sp³-hybridized carbons (Fsp3) is 0.250. The number of carbonyl (C=O) groups excluding carboxylic acids is 2. The minimum absolute atomic E-state index is 0. The quantitative estimate of drug-likeness (QED) is 0.147. The highest BCUT2D eigenvalue weighted by molar-refractivity contribution is 7.13. The number of rotatable bonds is 10. The number of carboxylic acid groups (broad SMARTS) is 2. The summed E-state index contributed by atoms with van der Waals surface area (Å²) in [5, 5.41) is 27.3. The fourth-order valence-corrected chi connectivity index (χ4v) is 3.55. The molecule has 1 amide bonds. The molecule has 0 bridgehead atoms. The maximum absolute atomic E-state index is 12.3. The first kappa shape index (κ1) is 26.6. The summed E-state index contributed by atoms with van der Waals surface area (Å²) in [6.07, 6.45) is -0.493. The standard InChI is InChI=1S/C20H21N3O7S.ClH/c1-10(18(26)23-14(19(27)28)9-16(24)25)8-13-6-7-15(31-13)20(29)30-12-4-2-11(3-5-12)17(21)22;/h2-7,10,14H,8-9H2,1H3,(H3,21,22)(H,23,26)(H,24,25)(H,27,28);1H/t10?,14-;/m1./s1. The molecule has 1 unspecified atom stereocenters. The third-order valence-corrected chi connectivity index (χ3v) is 5.27. The van der Waals surface area contributed by atoms with Crippen molar-refractivity contribution in [2.75, 3.05) is 0 Å². The van der Waals surface area contributed by atoms with Crippen molar-refractivity contribution in [3.05, 3.63) is 51.7 Å². The molecular weight excluding hydrogens is 462 g/mol. The predicted molar refractivity (Wildman–Crippen MR) is 119 cm³/mol. The van der Waals surface area contributed by atoms with Gasteiger partial charge in [0, 0.05) is 16.4 Å². The first-order valence-electron chi connectivity index (χ1n) is 9.07. The molecular formula is C20H22ClN3O7S. The van der Waals surface area contributed by atoms with Crippen molar-refractivity contribution in [3.8, 4) is 5.75 Å². The summed E-state index contributed by atoms with van der Waals surface area (Å²) in [4.78, 5) is 47.4. The molecule has 2 rings (SSSR count). The number of esters is 1. The largest absolute Gasteiger partial charge is 0.481 e. The van der Waals surface area contributed by atoms with E-state index in [9.17, 15) is 19.2 Å². The van der Waals surface area contributed by atoms with E-state index in [1.54, 1.807) is 31.2 Å². The number of aliphatic carboxylic acids is 2. The molecule has 0 aliphatic carbocycles. The first-order valence-corrected chi connectivity index (χ1v) is 9.88. The van der Waals surface area contributed by atoms with Gasteiger partial charge in [0.1, 0.15) is 22.5 Å². The molecule has 2 aromatic rings. The molecule has 1 aromatic heterocycles. The monoisotopic (exact) mass is 483 g/mol. The molecule has 0 aliphatic rings. The van der Waals surface area contributed by atoms with Gasteiger partial charge in [-0.1, -0.05) is 6.92 Å². The Hall–Kier alpha value is -3.44. The zero-order valence-corrected chi connectivity index (χ0v) is 18.5. The molecule has 0 saturated carbocycles. The number of amidine groups is 1. The summed E-state index contributed by atoms with van der Waals surface area (Å²) < 4.78 is 5.28. The predicted octanol–water partition coefficient (Wildman–Crippen LogP) is 1.90. The van der Waals surface area contributed by atoms with Gasteiger partial charge in [-0.25, -0.2) is 9.59 Å². The number of benzene rings is 1. The Balaban J connectivity index is 0.00000512. The number of amides is 1. The van der Waals surface area contributed by atoms with Crippen LogP contribution in [-0.2, 0) is 20.8 Å². The average Bonchev–Trinajstić information content (AvgIpc) is 3.16. The maximum atomic E-state index is 12.3. The molecule has 32 heavy (non-hydrogen) atoms. The van der Waals surface area contributed by atoms with Gasteiger partial charge in [-0.3, -0.25) is 15.0 Å². The van der Waals surface area contributed by atoms with Crippen LogP contribution in [0, 0.1) is 11.3 Å². The van der Waals surface area contributed by atoms with Crippen molar-refractivity contribution in [1.82, 2.24) is 5.32 Å². The fourth-order valence-electron chi connectivity index (χ4n) is 2.54. The molecule has 172 valence electrons. The summed E-state index contributed by atoms with van der Waals surface area (Å²) in [5.41, 5.74) is 5.87. The number of hydrogen-bond donors (Lipinski definition) is 5. The van der Waals surface area contributed by atoms with Gasteiger partial charge in [0.2, 0.25) is 5.91 Å². The van der Waals surface area contributed by atoms with Crippen LogP contribution in [0.5, 0.6) is 5.75 Å². The van der Waals surface area contributed by atoms with E-state index in [1.165, 1.54) is 12.1 Å². The number of carboxylic acids is 2. The van der Waals surface area contributed by atoms with Gasteiger partial charge in [-0.15, -0.1) is 23.7 Å². The van der Waals surface area contributed by atoms with Gasteiger partial charge in [0.25, 0.3) is 0 Å². The summed E-state index contributed by atoms with van der Waals surface area (Å²) >= 11 is 1.13. The highest BCUT2D eigenvalue weighted by Crippen LogP contribution is 2.22. The van der Waals surface area contributed by atoms with Crippen molar-refractivity contribution in [2.24, 2.45) is 11.7 Å². The number of thiophene rings is 1. The number of ether oxygens (including phenoxy) is 1. The SMILES string of the molecule is CC(Cc1ccc(C(=O)Oc2ccc(C(=N)N)cc2)s1)C(=O)N[C@H](CC(=O)O)C(=O)O.Cl. The highest BCUT2D eigenvalue weighted by Gasteiger charge is 2.26. The summed E-state index contributed by atoms with van der Waals surface area (Å²) in [5.74, 6) is -4.41. The van der Waals surface area contributed by atoms with Crippen LogP contribution in [0.1, 0.15) is 33.5 Å². The Morgan fingerprint density at radius 1 is 1.12 bits per heavy atom. The molecule has 10 nitrogen and oxygen atoms in total. The van der Waals surface area contributed by atoms with Gasteiger partial charge in [0.15, 0.2) is 0 Å². The lowest BCUT2D eigenvalue weighted by molar-refractivity contribution is -0.147. The van der Waals surface area contributed by atoms with Crippen LogP contribution < -0.4 is 15.8 Å². The number of nitrogens with one attached hydrogen (secondary N) is 2. The molecule has 12 heteroatoms. The van der Waals surface area contributed by atoms with E-state index in [0.717, 1.165) is 11.3 Å². The second-order valence-corrected chi connectivity index (χ2v) is 7.86. The molecule has 0 aliphatic heterocycles. The van der Waals surface area contributed by atoms with Crippen LogP contribution in [0.3, 0.4) is 0 Å². The third kappa shape index (κ3) is 7.67. The van der Waals surface area contributed by atoms with Crippen molar-refractivity contribution in [3.63, 3.8) is 0 Å². The maximum Gasteiger partial charge on any atom is 0.353 e. The molecule has 0 spiro atoms. The topological polar surface area (TPSA) is 180 Å². The Morgan fingerprint density at radius 2 is 1.75 bits per heavy atom. The minimum Gasteiger partial charge on any atom is -0.481 e. The molecule has 1 heterocycles. The number of halogens is 1. The number of nitrogen functional groups attached to an aromatic ring is 1. The van der Waals surface area contributed by atoms with Crippen molar-refractivity contribution < 1.29 is 34.1 Å². The average molecular weight is 484 g/mol. The van der Waals surface area contributed by atoms with Crippen molar-refractivity contribution in [1.29, 1.82) is 5.41 Å². The van der Waals surface area contributed by atoms with E-state index in [1.807, 2.05) is 0 Å². The molecule has 1 aromatic carbocycles. The molecule has 2 atom stereocenters.